The van der Waals surface area contributed by atoms with Crippen molar-refractivity contribution in [3.8, 4) is 5.75 Å². The van der Waals surface area contributed by atoms with Gasteiger partial charge in [0, 0.05) is 23.2 Å². The number of hydrogen-bond acceptors (Lipinski definition) is 3. The Kier molecular flexibility index (Phi) is 5.48. The molecule has 21 heavy (non-hydrogen) atoms. The van der Waals surface area contributed by atoms with Crippen molar-refractivity contribution in [2.45, 2.75) is 32.2 Å². The number of ether oxygens (including phenoxy) is 1. The predicted octanol–water partition coefficient (Wildman–Crippen LogP) is 3.60. The van der Waals surface area contributed by atoms with E-state index >= 15 is 0 Å². The number of benzene rings is 1. The Labute approximate surface area is 130 Å². The van der Waals surface area contributed by atoms with Crippen molar-refractivity contribution in [3.05, 3.63) is 28.8 Å². The molecule has 116 valence electrons. The molecule has 1 N–H and O–H groups in total. The van der Waals surface area contributed by atoms with Gasteiger partial charge in [0.25, 0.3) is 0 Å². The average molecular weight is 312 g/mol. The molecule has 0 aromatic heterocycles. The van der Waals surface area contributed by atoms with Gasteiger partial charge in [0.2, 0.25) is 0 Å². The second-order valence-corrected chi connectivity index (χ2v) is 5.92. The third-order valence-corrected chi connectivity index (χ3v) is 4.42. The molecule has 1 aromatic rings. The minimum absolute atomic E-state index is 0.140. The van der Waals surface area contributed by atoms with E-state index in [4.69, 9.17) is 16.3 Å². The highest BCUT2D eigenvalue weighted by Crippen LogP contribution is 2.36. The maximum absolute atomic E-state index is 11.3. The van der Waals surface area contributed by atoms with E-state index < -0.39 is 5.97 Å². The lowest BCUT2D eigenvalue weighted by atomic mass is 9.93. The Morgan fingerprint density at radius 3 is 2.95 bits per heavy atom. The second kappa shape index (κ2) is 7.14. The molecule has 0 amide bonds. The topological polar surface area (TPSA) is 49.8 Å². The van der Waals surface area contributed by atoms with Crippen LogP contribution < -0.4 is 4.74 Å². The molecule has 1 heterocycles. The molecule has 0 aliphatic carbocycles. The van der Waals surface area contributed by atoms with Crippen LogP contribution in [-0.2, 0) is 4.79 Å². The van der Waals surface area contributed by atoms with Crippen molar-refractivity contribution in [2.24, 2.45) is 5.92 Å². The van der Waals surface area contributed by atoms with Gasteiger partial charge in [-0.2, -0.15) is 0 Å². The molecule has 1 aromatic carbocycles. The Bertz CT molecular complexity index is 506. The lowest BCUT2D eigenvalue weighted by Gasteiger charge is -2.37. The molecule has 4 nitrogen and oxygen atoms in total. The van der Waals surface area contributed by atoms with Gasteiger partial charge >= 0.3 is 5.97 Å². The fraction of sp³-hybridized carbons (Fsp3) is 0.562. The van der Waals surface area contributed by atoms with Crippen LogP contribution in [0.2, 0.25) is 5.02 Å². The van der Waals surface area contributed by atoms with Crippen LogP contribution >= 0.6 is 11.6 Å². The minimum Gasteiger partial charge on any atom is -0.496 e. The van der Waals surface area contributed by atoms with Gasteiger partial charge in [-0.3, -0.25) is 9.69 Å². The average Bonchev–Trinajstić information content (AvgIpc) is 2.48. The molecule has 0 saturated carbocycles. The highest BCUT2D eigenvalue weighted by Gasteiger charge is 2.30. The van der Waals surface area contributed by atoms with Crippen molar-refractivity contribution < 1.29 is 14.6 Å². The smallest absolute Gasteiger partial charge is 0.307 e. The van der Waals surface area contributed by atoms with E-state index in [9.17, 15) is 9.90 Å². The van der Waals surface area contributed by atoms with Crippen LogP contribution in [0.1, 0.15) is 37.8 Å². The zero-order valence-electron chi connectivity index (χ0n) is 12.5. The maximum atomic E-state index is 11.3. The second-order valence-electron chi connectivity index (χ2n) is 5.48. The minimum atomic E-state index is -0.701. The Balaban J connectivity index is 2.26. The van der Waals surface area contributed by atoms with Crippen molar-refractivity contribution in [2.75, 3.05) is 20.2 Å². The molecule has 1 saturated heterocycles. The molecular weight excluding hydrogens is 290 g/mol. The third-order valence-electron chi connectivity index (χ3n) is 4.18. The normalized spacial score (nSPS) is 21.0. The van der Waals surface area contributed by atoms with Gasteiger partial charge < -0.3 is 9.84 Å². The number of carboxylic acids is 1. The zero-order chi connectivity index (χ0) is 15.4. The molecular formula is C16H22ClNO3. The molecule has 1 aliphatic heterocycles. The van der Waals surface area contributed by atoms with E-state index in [0.717, 1.165) is 37.1 Å². The quantitative estimate of drug-likeness (QED) is 0.902. The Hall–Kier alpha value is -1.26. The summed E-state index contributed by atoms with van der Waals surface area (Å²) in [5.41, 5.74) is 1.04. The van der Waals surface area contributed by atoms with Crippen molar-refractivity contribution in [3.63, 3.8) is 0 Å². The van der Waals surface area contributed by atoms with Gasteiger partial charge in [0.15, 0.2) is 0 Å². The van der Waals surface area contributed by atoms with E-state index in [2.05, 4.69) is 11.8 Å². The van der Waals surface area contributed by atoms with Gasteiger partial charge in [-0.05, 0) is 44.0 Å². The maximum Gasteiger partial charge on any atom is 0.307 e. The Morgan fingerprint density at radius 2 is 2.33 bits per heavy atom. The molecule has 0 radical (unpaired) electrons. The Morgan fingerprint density at radius 1 is 1.57 bits per heavy atom. The van der Waals surface area contributed by atoms with E-state index in [1.54, 1.807) is 7.11 Å². The standard InChI is InChI=1S/C16H22ClNO3/c1-3-14(13-9-12(17)6-7-15(13)21-2)18-8-4-5-11(10-18)16(19)20/h6-7,9,11,14H,3-5,8,10H2,1-2H3,(H,19,20). The summed E-state index contributed by atoms with van der Waals surface area (Å²) >= 11 is 6.12. The molecule has 1 fully saturated rings. The summed E-state index contributed by atoms with van der Waals surface area (Å²) in [5, 5.41) is 9.93. The lowest BCUT2D eigenvalue weighted by Crippen LogP contribution is -2.40. The summed E-state index contributed by atoms with van der Waals surface area (Å²) in [6.45, 7) is 3.61. The monoisotopic (exact) mass is 311 g/mol. The molecule has 0 bridgehead atoms. The van der Waals surface area contributed by atoms with E-state index in [-0.39, 0.29) is 12.0 Å². The van der Waals surface area contributed by atoms with Gasteiger partial charge in [-0.25, -0.2) is 0 Å². The van der Waals surface area contributed by atoms with Gasteiger partial charge in [-0.15, -0.1) is 0 Å². The summed E-state index contributed by atoms with van der Waals surface area (Å²) in [6.07, 6.45) is 2.56. The largest absolute Gasteiger partial charge is 0.496 e. The number of halogens is 1. The number of rotatable bonds is 5. The summed E-state index contributed by atoms with van der Waals surface area (Å²) in [6, 6.07) is 5.76. The number of likely N-dealkylation sites (tertiary alicyclic amines) is 1. The number of piperidine rings is 1. The van der Waals surface area contributed by atoms with Crippen LogP contribution in [0, 0.1) is 5.92 Å². The van der Waals surface area contributed by atoms with E-state index in [0.29, 0.717) is 11.6 Å². The van der Waals surface area contributed by atoms with Crippen LogP contribution in [0.5, 0.6) is 5.75 Å². The first-order valence-electron chi connectivity index (χ1n) is 7.37. The van der Waals surface area contributed by atoms with Gasteiger partial charge in [0.05, 0.1) is 13.0 Å². The molecule has 2 rings (SSSR count). The first kappa shape index (κ1) is 16.1. The van der Waals surface area contributed by atoms with Crippen molar-refractivity contribution >= 4 is 17.6 Å². The number of hydrogen-bond donors (Lipinski definition) is 1. The predicted molar refractivity (Wildman–Crippen MR) is 83.0 cm³/mol. The molecule has 1 aliphatic rings. The summed E-state index contributed by atoms with van der Waals surface area (Å²) < 4.78 is 5.45. The molecule has 2 unspecified atom stereocenters. The van der Waals surface area contributed by atoms with Crippen LogP contribution in [0.25, 0.3) is 0 Å². The summed E-state index contributed by atoms with van der Waals surface area (Å²) in [7, 11) is 1.65. The number of carbonyl (C=O) groups is 1. The molecule has 5 heteroatoms. The summed E-state index contributed by atoms with van der Waals surface area (Å²) in [5.74, 6) is -0.172. The van der Waals surface area contributed by atoms with E-state index in [1.165, 1.54) is 0 Å². The first-order valence-corrected chi connectivity index (χ1v) is 7.74. The fourth-order valence-electron chi connectivity index (χ4n) is 3.13. The number of methoxy groups -OCH3 is 1. The summed E-state index contributed by atoms with van der Waals surface area (Å²) in [4.78, 5) is 13.5. The van der Waals surface area contributed by atoms with Gasteiger partial charge in [-0.1, -0.05) is 18.5 Å². The van der Waals surface area contributed by atoms with Gasteiger partial charge in [0.1, 0.15) is 5.75 Å². The number of carboxylic acid groups (broad SMARTS) is 1. The fourth-order valence-corrected chi connectivity index (χ4v) is 3.31. The first-order chi connectivity index (χ1) is 10.1. The van der Waals surface area contributed by atoms with Crippen LogP contribution in [0.3, 0.4) is 0 Å². The number of aliphatic carboxylic acids is 1. The van der Waals surface area contributed by atoms with E-state index in [1.807, 2.05) is 18.2 Å². The molecule has 0 spiro atoms. The van der Waals surface area contributed by atoms with Crippen LogP contribution in [0.15, 0.2) is 18.2 Å². The SMILES string of the molecule is CCC(c1cc(Cl)ccc1OC)N1CCCC(C(=O)O)C1. The third kappa shape index (κ3) is 3.69. The zero-order valence-corrected chi connectivity index (χ0v) is 13.3. The highest BCUT2D eigenvalue weighted by molar-refractivity contribution is 6.30. The van der Waals surface area contributed by atoms with Crippen LogP contribution in [-0.4, -0.2) is 36.2 Å². The number of nitrogens with zero attached hydrogens (tertiary/aromatic N) is 1. The molecule has 2 atom stereocenters. The van der Waals surface area contributed by atoms with Crippen LogP contribution in [0.4, 0.5) is 0 Å². The highest BCUT2D eigenvalue weighted by atomic mass is 35.5. The lowest BCUT2D eigenvalue weighted by molar-refractivity contribution is -0.144. The van der Waals surface area contributed by atoms with Crippen molar-refractivity contribution in [1.82, 2.24) is 4.90 Å². The van der Waals surface area contributed by atoms with Crippen molar-refractivity contribution in [1.29, 1.82) is 0 Å².